The summed E-state index contributed by atoms with van der Waals surface area (Å²) in [6.45, 7) is 8.62. The van der Waals surface area contributed by atoms with Crippen LogP contribution in [0.15, 0.2) is 5.38 Å². The van der Waals surface area contributed by atoms with Crippen molar-refractivity contribution < 1.29 is 9.90 Å². The molecule has 1 N–H and O–H groups in total. The Bertz CT molecular complexity index is 596. The van der Waals surface area contributed by atoms with Gasteiger partial charge in [-0.15, -0.1) is 11.3 Å². The maximum atomic E-state index is 10.9. The van der Waals surface area contributed by atoms with Crippen molar-refractivity contribution >= 4 is 22.3 Å². The van der Waals surface area contributed by atoms with Crippen LogP contribution in [0, 0.1) is 5.92 Å². The predicted molar refractivity (Wildman–Crippen MR) is 77.0 cm³/mol. The molecule has 2 rings (SSSR count). The van der Waals surface area contributed by atoms with Crippen molar-refractivity contribution in [1.82, 2.24) is 9.38 Å². The maximum Gasteiger partial charge on any atom is 0.309 e. The first-order valence-electron chi connectivity index (χ1n) is 6.59. The van der Waals surface area contributed by atoms with Gasteiger partial charge in [-0.3, -0.25) is 9.20 Å². The number of hydrogen-bond acceptors (Lipinski definition) is 3. The van der Waals surface area contributed by atoms with Gasteiger partial charge in [0.1, 0.15) is 0 Å². The molecule has 0 fully saturated rings. The minimum Gasteiger partial charge on any atom is -0.481 e. The number of aromatic nitrogens is 2. The number of carboxylic acid groups (broad SMARTS) is 1. The van der Waals surface area contributed by atoms with Crippen LogP contribution in [-0.2, 0) is 17.6 Å². The van der Waals surface area contributed by atoms with Crippen molar-refractivity contribution in [2.75, 3.05) is 0 Å². The molecule has 0 spiro atoms. The number of carboxylic acids is 1. The second kappa shape index (κ2) is 5.33. The number of thiazole rings is 1. The molecule has 0 aliphatic heterocycles. The molecule has 0 aliphatic carbocycles. The van der Waals surface area contributed by atoms with E-state index in [9.17, 15) is 4.79 Å². The van der Waals surface area contributed by atoms with Crippen molar-refractivity contribution in [1.29, 1.82) is 0 Å². The second-order valence-electron chi connectivity index (χ2n) is 5.61. The van der Waals surface area contributed by atoms with Crippen molar-refractivity contribution in [3.05, 3.63) is 22.5 Å². The fourth-order valence-electron chi connectivity index (χ4n) is 2.39. The molecule has 104 valence electrons. The first-order valence-corrected chi connectivity index (χ1v) is 7.47. The minimum absolute atomic E-state index is 0.0528. The Hall–Kier alpha value is -1.36. The Morgan fingerprint density at radius 2 is 2.11 bits per heavy atom. The summed E-state index contributed by atoms with van der Waals surface area (Å²) in [6, 6.07) is 0. The van der Waals surface area contributed by atoms with Crippen molar-refractivity contribution in [2.45, 2.75) is 46.5 Å². The molecule has 4 nitrogen and oxygen atoms in total. The van der Waals surface area contributed by atoms with Crippen LogP contribution in [0.1, 0.15) is 50.7 Å². The highest BCUT2D eigenvalue weighted by atomic mass is 32.1. The standard InChI is InChI=1S/C14H20N2O2S/c1-8(2)5-11-13(9(3)4)16-10(6-12(17)18)7-19-14(16)15-11/h7-9H,5-6H2,1-4H3,(H,17,18). The van der Waals surface area contributed by atoms with Gasteiger partial charge in [-0.05, 0) is 18.3 Å². The van der Waals surface area contributed by atoms with Crippen LogP contribution < -0.4 is 0 Å². The van der Waals surface area contributed by atoms with E-state index in [-0.39, 0.29) is 6.42 Å². The highest BCUT2D eigenvalue weighted by molar-refractivity contribution is 7.15. The number of aliphatic carboxylic acids is 1. The molecule has 0 amide bonds. The Balaban J connectivity index is 2.57. The van der Waals surface area contributed by atoms with E-state index >= 15 is 0 Å². The van der Waals surface area contributed by atoms with Gasteiger partial charge in [-0.25, -0.2) is 4.98 Å². The van der Waals surface area contributed by atoms with E-state index in [0.717, 1.165) is 22.8 Å². The topological polar surface area (TPSA) is 54.6 Å². The van der Waals surface area contributed by atoms with Gasteiger partial charge in [-0.2, -0.15) is 0 Å². The van der Waals surface area contributed by atoms with Crippen LogP contribution in [0.3, 0.4) is 0 Å². The monoisotopic (exact) mass is 280 g/mol. The summed E-state index contributed by atoms with van der Waals surface area (Å²) in [4.78, 5) is 16.6. The number of rotatable bonds is 5. The van der Waals surface area contributed by atoms with E-state index in [1.54, 1.807) is 0 Å². The number of hydrogen-bond donors (Lipinski definition) is 1. The average Bonchev–Trinajstić information content (AvgIpc) is 2.76. The first kappa shape index (κ1) is 14.1. The molecule has 0 aromatic carbocycles. The number of imidazole rings is 1. The van der Waals surface area contributed by atoms with Gasteiger partial charge in [0.25, 0.3) is 0 Å². The van der Waals surface area contributed by atoms with Gasteiger partial charge >= 0.3 is 5.97 Å². The van der Waals surface area contributed by atoms with Crippen molar-refractivity contribution in [3.8, 4) is 0 Å². The smallest absolute Gasteiger partial charge is 0.309 e. The van der Waals surface area contributed by atoms with Crippen LogP contribution >= 0.6 is 11.3 Å². The SMILES string of the molecule is CC(C)Cc1nc2scc(CC(=O)O)n2c1C(C)C. The molecule has 0 bridgehead atoms. The van der Waals surface area contributed by atoms with Crippen LogP contribution in [-0.4, -0.2) is 20.5 Å². The maximum absolute atomic E-state index is 10.9. The summed E-state index contributed by atoms with van der Waals surface area (Å²) in [5, 5.41) is 10.9. The molecule has 5 heteroatoms. The molecular weight excluding hydrogens is 260 g/mol. The van der Waals surface area contributed by atoms with Gasteiger partial charge in [0.15, 0.2) is 4.96 Å². The summed E-state index contributed by atoms with van der Waals surface area (Å²) in [5.41, 5.74) is 3.11. The third kappa shape index (κ3) is 2.81. The summed E-state index contributed by atoms with van der Waals surface area (Å²) in [6.07, 6.45) is 0.992. The molecule has 2 aromatic heterocycles. The van der Waals surface area contributed by atoms with E-state index in [2.05, 4.69) is 27.7 Å². The summed E-state index contributed by atoms with van der Waals surface area (Å²) in [7, 11) is 0. The highest BCUT2D eigenvalue weighted by Gasteiger charge is 2.20. The Morgan fingerprint density at radius 3 is 2.63 bits per heavy atom. The molecule has 0 aliphatic rings. The van der Waals surface area contributed by atoms with Gasteiger partial charge in [0, 0.05) is 16.8 Å². The molecule has 2 aromatic rings. The van der Waals surface area contributed by atoms with E-state index in [4.69, 9.17) is 10.1 Å². The normalized spacial score (nSPS) is 11.9. The highest BCUT2D eigenvalue weighted by Crippen LogP contribution is 2.28. The third-order valence-electron chi connectivity index (χ3n) is 3.03. The minimum atomic E-state index is -0.798. The number of nitrogens with zero attached hydrogens (tertiary/aromatic N) is 2. The van der Waals surface area contributed by atoms with Gasteiger partial charge < -0.3 is 5.11 Å². The fraction of sp³-hybridized carbons (Fsp3) is 0.571. The summed E-state index contributed by atoms with van der Waals surface area (Å²) in [5.74, 6) is 0.0874. The van der Waals surface area contributed by atoms with E-state index < -0.39 is 5.97 Å². The Morgan fingerprint density at radius 1 is 1.42 bits per heavy atom. The zero-order valence-electron chi connectivity index (χ0n) is 11.8. The van der Waals surface area contributed by atoms with E-state index in [1.807, 2.05) is 9.78 Å². The van der Waals surface area contributed by atoms with Crippen molar-refractivity contribution in [2.24, 2.45) is 5.92 Å². The van der Waals surface area contributed by atoms with Crippen LogP contribution in [0.25, 0.3) is 4.96 Å². The van der Waals surface area contributed by atoms with Crippen LogP contribution in [0.4, 0.5) is 0 Å². The van der Waals surface area contributed by atoms with Crippen molar-refractivity contribution in [3.63, 3.8) is 0 Å². The predicted octanol–water partition coefficient (Wildman–Crippen LogP) is 3.34. The fourth-order valence-corrected chi connectivity index (χ4v) is 3.30. The molecule has 2 heterocycles. The molecule has 0 radical (unpaired) electrons. The Kier molecular flexibility index (Phi) is 3.94. The lowest BCUT2D eigenvalue weighted by molar-refractivity contribution is -0.136. The molecule has 0 atom stereocenters. The second-order valence-corrected chi connectivity index (χ2v) is 6.45. The molecule has 0 unspecified atom stereocenters. The first-order chi connectivity index (χ1) is 8.90. The largest absolute Gasteiger partial charge is 0.481 e. The zero-order chi connectivity index (χ0) is 14.2. The van der Waals surface area contributed by atoms with Gasteiger partial charge in [0.05, 0.1) is 12.1 Å². The third-order valence-corrected chi connectivity index (χ3v) is 3.90. The number of carbonyl (C=O) groups is 1. The lowest BCUT2D eigenvalue weighted by atomic mass is 10.0. The molecule has 0 saturated heterocycles. The van der Waals surface area contributed by atoms with E-state index in [0.29, 0.717) is 11.8 Å². The number of fused-ring (bicyclic) bond motifs is 1. The van der Waals surface area contributed by atoms with Crippen LogP contribution in [0.5, 0.6) is 0 Å². The van der Waals surface area contributed by atoms with E-state index in [1.165, 1.54) is 17.0 Å². The lowest BCUT2D eigenvalue weighted by Gasteiger charge is -2.10. The van der Waals surface area contributed by atoms with Gasteiger partial charge in [-0.1, -0.05) is 27.7 Å². The molecular formula is C14H20N2O2S. The Labute approximate surface area is 117 Å². The zero-order valence-corrected chi connectivity index (χ0v) is 12.6. The summed E-state index contributed by atoms with van der Waals surface area (Å²) < 4.78 is 2.04. The molecule has 0 saturated carbocycles. The quantitative estimate of drug-likeness (QED) is 0.913. The van der Waals surface area contributed by atoms with Gasteiger partial charge in [0.2, 0.25) is 0 Å². The lowest BCUT2D eigenvalue weighted by Crippen LogP contribution is -2.07. The van der Waals surface area contributed by atoms with Crippen LogP contribution in [0.2, 0.25) is 0 Å². The average molecular weight is 280 g/mol. The molecule has 19 heavy (non-hydrogen) atoms. The summed E-state index contributed by atoms with van der Waals surface area (Å²) >= 11 is 1.52.